The third-order valence-electron chi connectivity index (χ3n) is 2.46. The van der Waals surface area contributed by atoms with Gasteiger partial charge < -0.3 is 5.11 Å². The number of aliphatic carboxylic acids is 1. The van der Waals surface area contributed by atoms with E-state index in [0.29, 0.717) is 25.8 Å². The molecule has 0 fully saturated rings. The van der Waals surface area contributed by atoms with E-state index >= 15 is 0 Å². The fraction of sp³-hybridized carbons (Fsp3) is 0.900. The van der Waals surface area contributed by atoms with Crippen molar-refractivity contribution in [2.24, 2.45) is 0 Å². The molecule has 0 heterocycles. The average Bonchev–Trinajstić information content (AvgIpc) is 2.21. The van der Waals surface area contributed by atoms with Crippen LogP contribution >= 0.6 is 0 Å². The summed E-state index contributed by atoms with van der Waals surface area (Å²) in [5, 5.41) is 8.41. The number of nitrogens with zero attached hydrogens (tertiary/aromatic N) is 1. The van der Waals surface area contributed by atoms with E-state index in [1.807, 2.05) is 0 Å². The second kappa shape index (κ2) is 7.62. The molecule has 0 unspecified atom stereocenters. The largest absolute Gasteiger partial charge is 0.481 e. The maximum absolute atomic E-state index is 11.6. The lowest BCUT2D eigenvalue weighted by molar-refractivity contribution is -0.137. The van der Waals surface area contributed by atoms with Crippen LogP contribution in [0.5, 0.6) is 0 Å². The quantitative estimate of drug-likeness (QED) is 0.604. The van der Waals surface area contributed by atoms with Gasteiger partial charge in [-0.05, 0) is 26.7 Å². The van der Waals surface area contributed by atoms with Crippen molar-refractivity contribution in [1.29, 1.82) is 0 Å². The minimum atomic E-state index is -3.40. The highest BCUT2D eigenvalue weighted by Gasteiger charge is 2.18. The Kier molecular flexibility index (Phi) is 7.33. The van der Waals surface area contributed by atoms with Gasteiger partial charge in [0, 0.05) is 26.1 Å². The van der Waals surface area contributed by atoms with E-state index in [1.165, 1.54) is 11.4 Å². The Morgan fingerprint density at radius 2 is 1.88 bits per heavy atom. The molecular weight excluding hydrogens is 244 g/mol. The fourth-order valence-electron chi connectivity index (χ4n) is 1.16. The van der Waals surface area contributed by atoms with Gasteiger partial charge >= 0.3 is 5.97 Å². The summed E-state index contributed by atoms with van der Waals surface area (Å²) in [6, 6.07) is -0.0838. The zero-order valence-electron chi connectivity index (χ0n) is 10.6. The van der Waals surface area contributed by atoms with Crippen LogP contribution in [0.15, 0.2) is 0 Å². The standard InChI is InChI=1S/C10H22N2O4S/c1-9(2)12(3)17(15,16)11-8-6-4-5-7-10(13)14/h9,11H,4-8H2,1-3H3,(H,13,14). The number of unbranched alkanes of at least 4 members (excludes halogenated alkanes) is 2. The molecule has 0 atom stereocenters. The van der Waals surface area contributed by atoms with Gasteiger partial charge in [0.2, 0.25) is 0 Å². The van der Waals surface area contributed by atoms with E-state index in [4.69, 9.17) is 5.11 Å². The maximum atomic E-state index is 11.6. The third-order valence-corrected chi connectivity index (χ3v) is 4.21. The van der Waals surface area contributed by atoms with Gasteiger partial charge in [0.25, 0.3) is 10.2 Å². The third kappa shape index (κ3) is 7.30. The SMILES string of the molecule is CC(C)N(C)S(=O)(=O)NCCCCCC(=O)O. The van der Waals surface area contributed by atoms with E-state index in [9.17, 15) is 13.2 Å². The molecule has 2 N–H and O–H groups in total. The molecule has 0 bridgehead atoms. The van der Waals surface area contributed by atoms with Crippen LogP contribution in [-0.4, -0.2) is 43.4 Å². The van der Waals surface area contributed by atoms with Crippen molar-refractivity contribution in [3.8, 4) is 0 Å². The second-order valence-electron chi connectivity index (χ2n) is 4.21. The highest BCUT2D eigenvalue weighted by atomic mass is 32.2. The summed E-state index contributed by atoms with van der Waals surface area (Å²) in [5.41, 5.74) is 0. The van der Waals surface area contributed by atoms with Crippen molar-refractivity contribution in [3.63, 3.8) is 0 Å². The highest BCUT2D eigenvalue weighted by molar-refractivity contribution is 7.87. The first kappa shape index (κ1) is 16.3. The van der Waals surface area contributed by atoms with E-state index in [2.05, 4.69) is 4.72 Å². The summed E-state index contributed by atoms with van der Waals surface area (Å²) in [4.78, 5) is 10.2. The van der Waals surface area contributed by atoms with Crippen LogP contribution < -0.4 is 4.72 Å². The molecule has 0 saturated carbocycles. The van der Waals surface area contributed by atoms with Gasteiger partial charge in [-0.3, -0.25) is 4.79 Å². The number of nitrogens with one attached hydrogen (secondary N) is 1. The predicted molar refractivity (Wildman–Crippen MR) is 65.9 cm³/mol. The maximum Gasteiger partial charge on any atom is 0.303 e. The summed E-state index contributed by atoms with van der Waals surface area (Å²) >= 11 is 0. The van der Waals surface area contributed by atoms with Crippen LogP contribution in [0.1, 0.15) is 39.5 Å². The summed E-state index contributed by atoms with van der Waals surface area (Å²) in [6.45, 7) is 3.94. The Hall–Kier alpha value is -0.660. The normalized spacial score (nSPS) is 12.3. The number of hydrogen-bond donors (Lipinski definition) is 2. The molecule has 17 heavy (non-hydrogen) atoms. The Morgan fingerprint density at radius 1 is 1.29 bits per heavy atom. The molecule has 102 valence electrons. The minimum Gasteiger partial charge on any atom is -0.481 e. The fourth-order valence-corrected chi connectivity index (χ4v) is 2.32. The molecule has 0 amide bonds. The summed E-state index contributed by atoms with van der Waals surface area (Å²) in [6.07, 6.45) is 2.08. The van der Waals surface area contributed by atoms with Crippen molar-refractivity contribution in [3.05, 3.63) is 0 Å². The van der Waals surface area contributed by atoms with Crippen molar-refractivity contribution in [2.75, 3.05) is 13.6 Å². The molecule has 0 aliphatic heterocycles. The van der Waals surface area contributed by atoms with E-state index in [1.54, 1.807) is 13.8 Å². The Labute approximate surface area is 103 Å². The molecule has 6 nitrogen and oxygen atoms in total. The Bertz CT molecular complexity index is 327. The smallest absolute Gasteiger partial charge is 0.303 e. The molecule has 0 aromatic rings. The Morgan fingerprint density at radius 3 is 2.35 bits per heavy atom. The van der Waals surface area contributed by atoms with Crippen LogP contribution in [0.4, 0.5) is 0 Å². The minimum absolute atomic E-state index is 0.0838. The second-order valence-corrected chi connectivity index (χ2v) is 6.03. The number of hydrogen-bond acceptors (Lipinski definition) is 3. The van der Waals surface area contributed by atoms with Crippen molar-refractivity contribution in [2.45, 2.75) is 45.6 Å². The van der Waals surface area contributed by atoms with Gasteiger partial charge in [0.15, 0.2) is 0 Å². The number of carboxylic acid groups (broad SMARTS) is 1. The highest BCUT2D eigenvalue weighted by Crippen LogP contribution is 2.02. The number of carboxylic acids is 1. The van der Waals surface area contributed by atoms with Gasteiger partial charge in [-0.2, -0.15) is 12.7 Å². The van der Waals surface area contributed by atoms with Crippen LogP contribution in [0.2, 0.25) is 0 Å². The first-order valence-corrected chi connectivity index (χ1v) is 7.16. The van der Waals surface area contributed by atoms with Crippen LogP contribution in [0.25, 0.3) is 0 Å². The molecule has 0 rings (SSSR count). The number of rotatable bonds is 9. The molecule has 0 aromatic heterocycles. The van der Waals surface area contributed by atoms with Gasteiger partial charge in [-0.25, -0.2) is 4.72 Å². The van der Waals surface area contributed by atoms with Crippen molar-refractivity contribution >= 4 is 16.2 Å². The topological polar surface area (TPSA) is 86.7 Å². The number of carbonyl (C=O) groups is 1. The van der Waals surface area contributed by atoms with E-state index < -0.39 is 16.2 Å². The lowest BCUT2D eigenvalue weighted by Gasteiger charge is -2.21. The molecule has 0 radical (unpaired) electrons. The zero-order chi connectivity index (χ0) is 13.5. The summed E-state index contributed by atoms with van der Waals surface area (Å²) < 4.78 is 27.0. The molecule has 7 heteroatoms. The molecular formula is C10H22N2O4S. The van der Waals surface area contributed by atoms with Gasteiger partial charge in [0.05, 0.1) is 0 Å². The van der Waals surface area contributed by atoms with Crippen LogP contribution in [0, 0.1) is 0 Å². The first-order valence-electron chi connectivity index (χ1n) is 5.71. The monoisotopic (exact) mass is 266 g/mol. The van der Waals surface area contributed by atoms with E-state index in [-0.39, 0.29) is 12.5 Å². The average molecular weight is 266 g/mol. The predicted octanol–water partition coefficient (Wildman–Crippen LogP) is 0.806. The van der Waals surface area contributed by atoms with Crippen molar-refractivity contribution in [1.82, 2.24) is 9.03 Å². The molecule has 0 aromatic carbocycles. The van der Waals surface area contributed by atoms with Gasteiger partial charge in [-0.15, -0.1) is 0 Å². The first-order chi connectivity index (χ1) is 7.77. The zero-order valence-corrected chi connectivity index (χ0v) is 11.5. The Balaban J connectivity index is 3.78. The van der Waals surface area contributed by atoms with Gasteiger partial charge in [-0.1, -0.05) is 6.42 Å². The lowest BCUT2D eigenvalue weighted by atomic mass is 10.2. The molecule has 0 aliphatic carbocycles. The van der Waals surface area contributed by atoms with Crippen molar-refractivity contribution < 1.29 is 18.3 Å². The summed E-state index contributed by atoms with van der Waals surface area (Å²) in [7, 11) is -1.87. The van der Waals surface area contributed by atoms with Gasteiger partial charge in [0.1, 0.15) is 0 Å². The molecule has 0 saturated heterocycles. The molecule has 0 aliphatic rings. The van der Waals surface area contributed by atoms with Crippen LogP contribution in [-0.2, 0) is 15.0 Å². The van der Waals surface area contributed by atoms with E-state index in [0.717, 1.165) is 0 Å². The lowest BCUT2D eigenvalue weighted by Crippen LogP contribution is -2.42. The van der Waals surface area contributed by atoms with Crippen LogP contribution in [0.3, 0.4) is 0 Å². The summed E-state index contributed by atoms with van der Waals surface area (Å²) in [5.74, 6) is -0.815. The molecule has 0 spiro atoms.